The first-order chi connectivity index (χ1) is 8.94. The molecule has 1 aromatic rings. The number of piperidine rings is 1. The van der Waals surface area contributed by atoms with E-state index in [1.807, 2.05) is 0 Å². The van der Waals surface area contributed by atoms with E-state index < -0.39 is 0 Å². The van der Waals surface area contributed by atoms with Crippen LogP contribution in [0.4, 0.5) is 0 Å². The van der Waals surface area contributed by atoms with Gasteiger partial charge in [-0.1, -0.05) is 12.1 Å². The van der Waals surface area contributed by atoms with Crippen LogP contribution in [0.2, 0.25) is 0 Å². The lowest BCUT2D eigenvalue weighted by molar-refractivity contribution is 0.153. The number of oxime groups is 1. The van der Waals surface area contributed by atoms with Crippen LogP contribution < -0.4 is 5.73 Å². The molecule has 1 fully saturated rings. The van der Waals surface area contributed by atoms with Gasteiger partial charge in [0.1, 0.15) is 10.8 Å². The fourth-order valence-electron chi connectivity index (χ4n) is 2.38. The molecule has 0 saturated carbocycles. The molecule has 0 spiro atoms. The van der Waals surface area contributed by atoms with E-state index in [0.29, 0.717) is 5.84 Å². The van der Waals surface area contributed by atoms with E-state index >= 15 is 0 Å². The first-order valence-electron chi connectivity index (χ1n) is 6.58. The van der Waals surface area contributed by atoms with Gasteiger partial charge in [-0.3, -0.25) is 4.90 Å². The van der Waals surface area contributed by atoms with E-state index in [1.165, 1.54) is 9.88 Å². The van der Waals surface area contributed by atoms with Crippen molar-refractivity contribution >= 4 is 17.2 Å². The number of hydrogen-bond acceptors (Lipinski definition) is 5. The van der Waals surface area contributed by atoms with Gasteiger partial charge in [-0.25, -0.2) is 4.98 Å². The van der Waals surface area contributed by atoms with Crippen LogP contribution in [0.15, 0.2) is 5.16 Å². The van der Waals surface area contributed by atoms with Crippen LogP contribution in [0, 0.1) is 19.3 Å². The quantitative estimate of drug-likeness (QED) is 0.385. The van der Waals surface area contributed by atoms with Crippen molar-refractivity contribution in [3.05, 3.63) is 15.6 Å². The normalized spacial score (nSPS) is 20.7. The molecule has 0 atom stereocenters. The molecular formula is C13H22N4OS. The standard InChI is InChI=1S/C13H22N4OS/c1-9-10(2)19-11(15-9)8-17-6-4-13(3,5-7-17)12(14)16-18/h18H,4-8H2,1-3H3,(H2,14,16). The lowest BCUT2D eigenvalue weighted by Crippen LogP contribution is -2.45. The molecule has 2 rings (SSSR count). The zero-order valence-corrected chi connectivity index (χ0v) is 12.6. The molecule has 1 aromatic heterocycles. The summed E-state index contributed by atoms with van der Waals surface area (Å²) < 4.78 is 0. The van der Waals surface area contributed by atoms with E-state index in [9.17, 15) is 0 Å². The molecule has 0 aromatic carbocycles. The van der Waals surface area contributed by atoms with Gasteiger partial charge in [0.15, 0.2) is 0 Å². The summed E-state index contributed by atoms with van der Waals surface area (Å²) in [5.74, 6) is 0.355. The van der Waals surface area contributed by atoms with Gasteiger partial charge < -0.3 is 10.9 Å². The maximum absolute atomic E-state index is 8.83. The minimum absolute atomic E-state index is 0.167. The highest BCUT2D eigenvalue weighted by atomic mass is 32.1. The Kier molecular flexibility index (Phi) is 4.10. The van der Waals surface area contributed by atoms with Gasteiger partial charge in [-0.2, -0.15) is 0 Å². The lowest BCUT2D eigenvalue weighted by Gasteiger charge is -2.38. The summed E-state index contributed by atoms with van der Waals surface area (Å²) >= 11 is 1.78. The molecule has 0 unspecified atom stereocenters. The molecule has 0 radical (unpaired) electrons. The summed E-state index contributed by atoms with van der Waals surface area (Å²) in [5.41, 5.74) is 6.75. The van der Waals surface area contributed by atoms with Gasteiger partial charge in [0.2, 0.25) is 0 Å². The molecule has 0 bridgehead atoms. The highest BCUT2D eigenvalue weighted by molar-refractivity contribution is 7.11. The summed E-state index contributed by atoms with van der Waals surface area (Å²) in [6.07, 6.45) is 1.85. The average Bonchev–Trinajstić information content (AvgIpc) is 2.70. The van der Waals surface area contributed by atoms with Crippen molar-refractivity contribution in [2.24, 2.45) is 16.3 Å². The first kappa shape index (κ1) is 14.3. The van der Waals surface area contributed by atoms with Crippen molar-refractivity contribution in [3.63, 3.8) is 0 Å². The number of amidine groups is 1. The molecule has 3 N–H and O–H groups in total. The lowest BCUT2D eigenvalue weighted by atomic mass is 9.79. The number of hydrogen-bond donors (Lipinski definition) is 2. The highest BCUT2D eigenvalue weighted by Gasteiger charge is 2.34. The van der Waals surface area contributed by atoms with E-state index in [2.05, 4.69) is 35.8 Å². The Balaban J connectivity index is 1.93. The third-order valence-electron chi connectivity index (χ3n) is 4.12. The molecule has 19 heavy (non-hydrogen) atoms. The van der Waals surface area contributed by atoms with Crippen molar-refractivity contribution in [2.75, 3.05) is 13.1 Å². The predicted octanol–water partition coefficient (Wildman–Crippen LogP) is 2.11. The molecule has 2 heterocycles. The van der Waals surface area contributed by atoms with Crippen molar-refractivity contribution in [2.45, 2.75) is 40.2 Å². The second-order valence-corrected chi connectivity index (χ2v) is 6.86. The summed E-state index contributed by atoms with van der Waals surface area (Å²) in [6, 6.07) is 0. The van der Waals surface area contributed by atoms with Crippen LogP contribution in [-0.2, 0) is 6.54 Å². The summed E-state index contributed by atoms with van der Waals surface area (Å²) in [5, 5.41) is 13.2. The monoisotopic (exact) mass is 282 g/mol. The van der Waals surface area contributed by atoms with Gasteiger partial charge in [0, 0.05) is 10.3 Å². The van der Waals surface area contributed by atoms with E-state index in [1.54, 1.807) is 11.3 Å². The van der Waals surface area contributed by atoms with E-state index in [0.717, 1.165) is 38.2 Å². The molecule has 1 aliphatic heterocycles. The summed E-state index contributed by atoms with van der Waals surface area (Å²) in [6.45, 7) is 9.07. The van der Waals surface area contributed by atoms with E-state index in [-0.39, 0.29) is 5.41 Å². The van der Waals surface area contributed by atoms with Crippen molar-refractivity contribution < 1.29 is 5.21 Å². The Labute approximate surface area is 118 Å². The minimum atomic E-state index is -0.167. The number of aromatic nitrogens is 1. The third kappa shape index (κ3) is 3.06. The number of thiazole rings is 1. The van der Waals surface area contributed by atoms with Gasteiger partial charge >= 0.3 is 0 Å². The molecule has 5 nitrogen and oxygen atoms in total. The zero-order valence-electron chi connectivity index (χ0n) is 11.8. The van der Waals surface area contributed by atoms with Gasteiger partial charge in [0.25, 0.3) is 0 Å². The largest absolute Gasteiger partial charge is 0.409 e. The van der Waals surface area contributed by atoms with E-state index in [4.69, 9.17) is 10.9 Å². The summed E-state index contributed by atoms with van der Waals surface area (Å²) in [7, 11) is 0. The number of likely N-dealkylation sites (tertiary alicyclic amines) is 1. The maximum atomic E-state index is 8.83. The zero-order chi connectivity index (χ0) is 14.0. The Morgan fingerprint density at radius 3 is 2.58 bits per heavy atom. The van der Waals surface area contributed by atoms with Crippen molar-refractivity contribution in [1.82, 2.24) is 9.88 Å². The minimum Gasteiger partial charge on any atom is -0.409 e. The van der Waals surface area contributed by atoms with Gasteiger partial charge in [0.05, 0.1) is 12.2 Å². The Morgan fingerprint density at radius 2 is 2.11 bits per heavy atom. The van der Waals surface area contributed by atoms with Gasteiger partial charge in [-0.05, 0) is 39.8 Å². The fraction of sp³-hybridized carbons (Fsp3) is 0.692. The number of rotatable bonds is 3. The molecule has 106 valence electrons. The SMILES string of the molecule is Cc1nc(CN2CCC(C)(C(N)=NO)CC2)sc1C. The Hall–Kier alpha value is -1.14. The van der Waals surface area contributed by atoms with Crippen LogP contribution in [0.5, 0.6) is 0 Å². The van der Waals surface area contributed by atoms with Crippen LogP contribution in [0.25, 0.3) is 0 Å². The van der Waals surface area contributed by atoms with Crippen LogP contribution in [0.3, 0.4) is 0 Å². The number of nitrogens with zero attached hydrogens (tertiary/aromatic N) is 3. The fourth-order valence-corrected chi connectivity index (χ4v) is 3.36. The van der Waals surface area contributed by atoms with Crippen molar-refractivity contribution in [3.8, 4) is 0 Å². The molecule has 0 amide bonds. The van der Waals surface area contributed by atoms with Gasteiger partial charge in [-0.15, -0.1) is 11.3 Å². The molecule has 1 aliphatic rings. The number of nitrogens with two attached hydrogens (primary N) is 1. The molecule has 6 heteroatoms. The second kappa shape index (κ2) is 5.46. The molecule has 0 aliphatic carbocycles. The van der Waals surface area contributed by atoms with Crippen LogP contribution in [-0.4, -0.2) is 34.0 Å². The summed E-state index contributed by atoms with van der Waals surface area (Å²) in [4.78, 5) is 8.27. The predicted molar refractivity (Wildman–Crippen MR) is 77.6 cm³/mol. The van der Waals surface area contributed by atoms with Crippen LogP contribution in [0.1, 0.15) is 35.3 Å². The smallest absolute Gasteiger partial charge is 0.145 e. The van der Waals surface area contributed by atoms with Crippen LogP contribution >= 0.6 is 11.3 Å². The number of aryl methyl sites for hydroxylation is 2. The Bertz CT molecular complexity index is 455. The molecular weight excluding hydrogens is 260 g/mol. The first-order valence-corrected chi connectivity index (χ1v) is 7.39. The maximum Gasteiger partial charge on any atom is 0.145 e. The Morgan fingerprint density at radius 1 is 1.47 bits per heavy atom. The highest BCUT2D eigenvalue weighted by Crippen LogP contribution is 2.32. The van der Waals surface area contributed by atoms with Crippen molar-refractivity contribution in [1.29, 1.82) is 0 Å². The second-order valence-electron chi connectivity index (χ2n) is 5.57. The average molecular weight is 282 g/mol. The third-order valence-corrected chi connectivity index (χ3v) is 5.18. The molecule has 1 saturated heterocycles. The topological polar surface area (TPSA) is 74.7 Å².